The van der Waals surface area contributed by atoms with Gasteiger partial charge < -0.3 is 15.0 Å². The maximum absolute atomic E-state index is 13.6. The molecule has 0 bridgehead atoms. The molecule has 0 radical (unpaired) electrons. The first kappa shape index (κ1) is 15.4. The number of rotatable bonds is 6. The molecule has 4 nitrogen and oxygen atoms in total. The third-order valence-corrected chi connectivity index (χ3v) is 3.40. The molecular formula is C14H21FN2O2. The molecule has 1 aromatic carbocycles. The van der Waals surface area contributed by atoms with Crippen molar-refractivity contribution in [2.75, 3.05) is 32.6 Å². The average Bonchev–Trinajstić information content (AvgIpc) is 2.43. The van der Waals surface area contributed by atoms with Gasteiger partial charge in [0.05, 0.1) is 12.8 Å². The zero-order valence-corrected chi connectivity index (χ0v) is 11.9. The Morgan fingerprint density at radius 3 is 2.63 bits per heavy atom. The molecule has 0 aromatic heterocycles. The van der Waals surface area contributed by atoms with Crippen LogP contribution in [0.2, 0.25) is 0 Å². The largest absolute Gasteiger partial charge is 0.468 e. The molecule has 106 valence electrons. The van der Waals surface area contributed by atoms with Crippen molar-refractivity contribution >= 4 is 11.7 Å². The summed E-state index contributed by atoms with van der Waals surface area (Å²) in [6, 6.07) is 6.57. The van der Waals surface area contributed by atoms with Gasteiger partial charge in [0, 0.05) is 13.6 Å². The zero-order valence-electron chi connectivity index (χ0n) is 11.9. The molecule has 19 heavy (non-hydrogen) atoms. The fourth-order valence-corrected chi connectivity index (χ4v) is 1.83. The molecule has 1 rings (SSSR count). The molecule has 0 fully saturated rings. The Labute approximate surface area is 113 Å². The van der Waals surface area contributed by atoms with E-state index in [1.54, 1.807) is 44.1 Å². The lowest BCUT2D eigenvalue weighted by Crippen LogP contribution is -2.50. The zero-order chi connectivity index (χ0) is 14.5. The Balaban J connectivity index is 2.71. The van der Waals surface area contributed by atoms with E-state index in [1.165, 1.54) is 13.2 Å². The lowest BCUT2D eigenvalue weighted by atomic mass is 9.98. The van der Waals surface area contributed by atoms with Crippen LogP contribution >= 0.6 is 0 Å². The maximum Gasteiger partial charge on any atom is 0.325 e. The quantitative estimate of drug-likeness (QED) is 0.799. The monoisotopic (exact) mass is 268 g/mol. The van der Waals surface area contributed by atoms with Gasteiger partial charge in [-0.05, 0) is 32.5 Å². The van der Waals surface area contributed by atoms with Crippen molar-refractivity contribution in [3.8, 4) is 0 Å². The third-order valence-electron chi connectivity index (χ3n) is 3.40. The Morgan fingerprint density at radius 2 is 2.11 bits per heavy atom. The topological polar surface area (TPSA) is 41.6 Å². The number of hydrogen-bond donors (Lipinski definition) is 1. The van der Waals surface area contributed by atoms with Crippen molar-refractivity contribution in [1.29, 1.82) is 0 Å². The van der Waals surface area contributed by atoms with E-state index in [0.717, 1.165) is 0 Å². The van der Waals surface area contributed by atoms with Crippen molar-refractivity contribution in [3.05, 3.63) is 30.1 Å². The number of likely N-dealkylation sites (N-methyl/N-ethyl adjacent to an activating group) is 1. The van der Waals surface area contributed by atoms with Crippen LogP contribution in [-0.2, 0) is 9.53 Å². The highest BCUT2D eigenvalue weighted by molar-refractivity contribution is 5.80. The Kier molecular flexibility index (Phi) is 5.30. The smallest absolute Gasteiger partial charge is 0.325 e. The fraction of sp³-hybridized carbons (Fsp3) is 0.500. The first-order valence-corrected chi connectivity index (χ1v) is 6.17. The van der Waals surface area contributed by atoms with Gasteiger partial charge in [-0.1, -0.05) is 12.1 Å². The number of benzene rings is 1. The number of hydrogen-bond acceptors (Lipinski definition) is 4. The summed E-state index contributed by atoms with van der Waals surface area (Å²) < 4.78 is 18.4. The SMILES string of the molecule is CNC(C)(CCN(C)c1ccccc1F)C(=O)OC. The summed E-state index contributed by atoms with van der Waals surface area (Å²) in [7, 11) is 4.87. The highest BCUT2D eigenvalue weighted by Gasteiger charge is 2.32. The van der Waals surface area contributed by atoms with Crippen LogP contribution < -0.4 is 10.2 Å². The number of nitrogens with one attached hydrogen (secondary N) is 1. The number of carbonyl (C=O) groups is 1. The van der Waals surface area contributed by atoms with Crippen molar-refractivity contribution in [2.45, 2.75) is 18.9 Å². The molecule has 1 atom stereocenters. The van der Waals surface area contributed by atoms with Gasteiger partial charge in [-0.2, -0.15) is 0 Å². The summed E-state index contributed by atoms with van der Waals surface area (Å²) in [5, 5.41) is 2.96. The predicted molar refractivity (Wildman–Crippen MR) is 73.8 cm³/mol. The fourth-order valence-electron chi connectivity index (χ4n) is 1.83. The van der Waals surface area contributed by atoms with Gasteiger partial charge in [0.1, 0.15) is 11.4 Å². The number of carbonyl (C=O) groups excluding carboxylic acids is 1. The summed E-state index contributed by atoms with van der Waals surface area (Å²) in [5.41, 5.74) is -0.250. The summed E-state index contributed by atoms with van der Waals surface area (Å²) in [4.78, 5) is 13.5. The van der Waals surface area contributed by atoms with Gasteiger partial charge in [-0.15, -0.1) is 0 Å². The van der Waals surface area contributed by atoms with Crippen LogP contribution in [0.4, 0.5) is 10.1 Å². The molecule has 1 N–H and O–H groups in total. The number of methoxy groups -OCH3 is 1. The second-order valence-corrected chi connectivity index (χ2v) is 4.70. The molecule has 0 aliphatic heterocycles. The number of ether oxygens (including phenoxy) is 1. The molecule has 5 heteroatoms. The molecule has 0 spiro atoms. The molecule has 0 saturated carbocycles. The van der Waals surface area contributed by atoms with Crippen LogP contribution in [0.25, 0.3) is 0 Å². The van der Waals surface area contributed by atoms with Crippen LogP contribution in [0.15, 0.2) is 24.3 Å². The third kappa shape index (κ3) is 3.67. The van der Waals surface area contributed by atoms with Gasteiger partial charge in [0.2, 0.25) is 0 Å². The number of anilines is 1. The summed E-state index contributed by atoms with van der Waals surface area (Å²) in [5.74, 6) is -0.592. The summed E-state index contributed by atoms with van der Waals surface area (Å²) >= 11 is 0. The van der Waals surface area contributed by atoms with Gasteiger partial charge in [-0.25, -0.2) is 4.39 Å². The van der Waals surface area contributed by atoms with Crippen molar-refractivity contribution < 1.29 is 13.9 Å². The van der Waals surface area contributed by atoms with Crippen LogP contribution in [0.1, 0.15) is 13.3 Å². The minimum atomic E-state index is -0.770. The Morgan fingerprint density at radius 1 is 1.47 bits per heavy atom. The number of halogens is 1. The van der Waals surface area contributed by atoms with E-state index in [9.17, 15) is 9.18 Å². The van der Waals surface area contributed by atoms with E-state index in [4.69, 9.17) is 4.74 Å². The van der Waals surface area contributed by atoms with E-state index >= 15 is 0 Å². The van der Waals surface area contributed by atoms with Gasteiger partial charge in [0.25, 0.3) is 0 Å². The normalized spacial score (nSPS) is 13.7. The van der Waals surface area contributed by atoms with Crippen molar-refractivity contribution in [1.82, 2.24) is 5.32 Å². The molecule has 0 aliphatic rings. The molecule has 0 amide bonds. The van der Waals surface area contributed by atoms with E-state index in [0.29, 0.717) is 18.7 Å². The molecule has 0 saturated heterocycles. The first-order valence-electron chi connectivity index (χ1n) is 6.17. The minimum absolute atomic E-state index is 0.269. The lowest BCUT2D eigenvalue weighted by Gasteiger charge is -2.29. The summed E-state index contributed by atoms with van der Waals surface area (Å²) in [6.45, 7) is 2.31. The first-order chi connectivity index (χ1) is 8.94. The number of nitrogens with zero attached hydrogens (tertiary/aromatic N) is 1. The summed E-state index contributed by atoms with van der Waals surface area (Å²) in [6.07, 6.45) is 0.515. The number of esters is 1. The highest BCUT2D eigenvalue weighted by atomic mass is 19.1. The van der Waals surface area contributed by atoms with Crippen LogP contribution in [0.3, 0.4) is 0 Å². The standard InChI is InChI=1S/C14H21FN2O2/c1-14(16-2,13(18)19-4)9-10-17(3)12-8-6-5-7-11(12)15/h5-8,16H,9-10H2,1-4H3. The lowest BCUT2D eigenvalue weighted by molar-refractivity contribution is -0.147. The average molecular weight is 268 g/mol. The van der Waals surface area contributed by atoms with Crippen molar-refractivity contribution in [3.63, 3.8) is 0 Å². The van der Waals surface area contributed by atoms with Gasteiger partial charge in [-0.3, -0.25) is 4.79 Å². The predicted octanol–water partition coefficient (Wildman–Crippen LogP) is 1.80. The Bertz CT molecular complexity index is 439. The second kappa shape index (κ2) is 6.52. The van der Waals surface area contributed by atoms with Crippen LogP contribution in [0.5, 0.6) is 0 Å². The molecule has 1 unspecified atom stereocenters. The molecule has 0 aliphatic carbocycles. The van der Waals surface area contributed by atoms with E-state index in [1.807, 2.05) is 0 Å². The van der Waals surface area contributed by atoms with E-state index < -0.39 is 5.54 Å². The Hall–Kier alpha value is -1.62. The van der Waals surface area contributed by atoms with Gasteiger partial charge >= 0.3 is 5.97 Å². The molecule has 1 aromatic rings. The molecular weight excluding hydrogens is 247 g/mol. The van der Waals surface area contributed by atoms with Crippen LogP contribution in [0, 0.1) is 5.82 Å². The van der Waals surface area contributed by atoms with Gasteiger partial charge in [0.15, 0.2) is 0 Å². The highest BCUT2D eigenvalue weighted by Crippen LogP contribution is 2.19. The van der Waals surface area contributed by atoms with E-state index in [-0.39, 0.29) is 11.8 Å². The van der Waals surface area contributed by atoms with Crippen molar-refractivity contribution in [2.24, 2.45) is 0 Å². The van der Waals surface area contributed by atoms with E-state index in [2.05, 4.69) is 5.32 Å². The maximum atomic E-state index is 13.6. The number of para-hydroxylation sites is 1. The molecule has 0 heterocycles. The minimum Gasteiger partial charge on any atom is -0.468 e. The van der Waals surface area contributed by atoms with Crippen LogP contribution in [-0.4, -0.2) is 39.3 Å². The second-order valence-electron chi connectivity index (χ2n) is 4.70.